The predicted octanol–water partition coefficient (Wildman–Crippen LogP) is 3.66. The summed E-state index contributed by atoms with van der Waals surface area (Å²) in [6.07, 6.45) is 1.88. The molecule has 0 saturated carbocycles. The molecule has 1 N–H and O–H groups in total. The van der Waals surface area contributed by atoms with E-state index in [2.05, 4.69) is 22.5 Å². The van der Waals surface area contributed by atoms with Crippen LogP contribution in [0.25, 0.3) is 0 Å². The van der Waals surface area contributed by atoms with Crippen LogP contribution < -0.4 is 5.43 Å². The van der Waals surface area contributed by atoms with Gasteiger partial charge in [0.25, 0.3) is 5.69 Å². The number of non-ortho nitro benzene ring substituents is 1. The number of nitrogens with one attached hydrogen (secondary N) is 1. The van der Waals surface area contributed by atoms with Crippen molar-refractivity contribution in [3.63, 3.8) is 0 Å². The third kappa shape index (κ3) is 4.49. The highest BCUT2D eigenvalue weighted by molar-refractivity contribution is 6.02. The Hall–Kier alpha value is -3.33. The van der Waals surface area contributed by atoms with Crippen LogP contribution in [-0.2, 0) is 0 Å². The molecule has 0 amide bonds. The Morgan fingerprint density at radius 3 is 2.36 bits per heavy atom. The van der Waals surface area contributed by atoms with Gasteiger partial charge in [-0.25, -0.2) is 0 Å². The minimum absolute atomic E-state index is 0.122. The van der Waals surface area contributed by atoms with Crippen LogP contribution in [0.5, 0.6) is 0 Å². The molecule has 1 heterocycles. The van der Waals surface area contributed by atoms with Gasteiger partial charge in [0, 0.05) is 12.0 Å². The molecule has 1 aliphatic heterocycles. The van der Waals surface area contributed by atoms with E-state index in [-0.39, 0.29) is 23.0 Å². The minimum atomic E-state index is -0.659. The predicted molar refractivity (Wildman–Crippen MR) is 107 cm³/mol. The summed E-state index contributed by atoms with van der Waals surface area (Å²) in [5.74, 6) is 0.225. The van der Waals surface area contributed by atoms with Gasteiger partial charge in [-0.3, -0.25) is 25.7 Å². The third-order valence-corrected chi connectivity index (χ3v) is 4.86. The summed E-state index contributed by atoms with van der Waals surface area (Å²) >= 11 is 0. The first-order chi connectivity index (χ1) is 13.5. The Bertz CT molecular complexity index is 892. The second-order valence-electron chi connectivity index (χ2n) is 6.77. The van der Waals surface area contributed by atoms with Crippen LogP contribution in [0.1, 0.15) is 18.4 Å². The Labute approximate surface area is 162 Å². The Balaban J connectivity index is 1.93. The monoisotopic (exact) mass is 383 g/mol. The smallest absolute Gasteiger partial charge is 0.301 e. The van der Waals surface area contributed by atoms with E-state index in [9.17, 15) is 20.2 Å². The quantitative estimate of drug-likeness (QED) is 0.462. The second-order valence-corrected chi connectivity index (χ2v) is 6.77. The van der Waals surface area contributed by atoms with Gasteiger partial charge in [0.05, 0.1) is 21.6 Å². The van der Waals surface area contributed by atoms with Crippen molar-refractivity contribution in [3.05, 3.63) is 74.3 Å². The maximum absolute atomic E-state index is 11.3. The van der Waals surface area contributed by atoms with Crippen LogP contribution in [0.3, 0.4) is 0 Å². The van der Waals surface area contributed by atoms with E-state index < -0.39 is 9.85 Å². The number of hydrazone groups is 1. The molecule has 0 unspecified atom stereocenters. The molecular formula is C19H21N5O4. The lowest BCUT2D eigenvalue weighted by atomic mass is 9.88. The molecule has 0 atom stereocenters. The Morgan fingerprint density at radius 1 is 1.07 bits per heavy atom. The number of likely N-dealkylation sites (tertiary alicyclic amines) is 1. The van der Waals surface area contributed by atoms with Gasteiger partial charge in [-0.2, -0.15) is 5.10 Å². The summed E-state index contributed by atoms with van der Waals surface area (Å²) in [5, 5.41) is 26.7. The maximum atomic E-state index is 11.3. The zero-order chi connectivity index (χ0) is 20.1. The number of nitro benzene ring substituents is 2. The molecule has 1 saturated heterocycles. The highest BCUT2D eigenvalue weighted by Gasteiger charge is 2.24. The van der Waals surface area contributed by atoms with Gasteiger partial charge in [-0.05, 0) is 44.6 Å². The van der Waals surface area contributed by atoms with Crippen molar-refractivity contribution < 1.29 is 9.85 Å². The summed E-state index contributed by atoms with van der Waals surface area (Å²) in [7, 11) is 2.08. The summed E-state index contributed by atoms with van der Waals surface area (Å²) in [6, 6.07) is 13.2. The zero-order valence-electron chi connectivity index (χ0n) is 15.4. The van der Waals surface area contributed by atoms with Gasteiger partial charge in [0.15, 0.2) is 0 Å². The molecule has 3 rings (SSSR count). The van der Waals surface area contributed by atoms with E-state index in [4.69, 9.17) is 0 Å². The van der Waals surface area contributed by atoms with E-state index in [0.717, 1.165) is 43.3 Å². The van der Waals surface area contributed by atoms with Gasteiger partial charge in [0.2, 0.25) is 0 Å². The fraction of sp³-hybridized carbons (Fsp3) is 0.316. The molecule has 146 valence electrons. The zero-order valence-corrected chi connectivity index (χ0v) is 15.4. The van der Waals surface area contributed by atoms with Gasteiger partial charge in [-0.1, -0.05) is 30.3 Å². The van der Waals surface area contributed by atoms with Crippen molar-refractivity contribution in [1.82, 2.24) is 4.90 Å². The molecule has 2 aromatic carbocycles. The van der Waals surface area contributed by atoms with Crippen molar-refractivity contribution in [2.24, 2.45) is 11.0 Å². The average Bonchev–Trinajstić information content (AvgIpc) is 2.70. The fourth-order valence-electron chi connectivity index (χ4n) is 3.28. The topological polar surface area (TPSA) is 114 Å². The van der Waals surface area contributed by atoms with E-state index in [1.807, 2.05) is 30.3 Å². The van der Waals surface area contributed by atoms with Crippen molar-refractivity contribution in [2.75, 3.05) is 25.6 Å². The van der Waals surface area contributed by atoms with Crippen molar-refractivity contribution >= 4 is 22.8 Å². The number of piperidine rings is 1. The largest absolute Gasteiger partial charge is 0.306 e. The number of rotatable bonds is 6. The van der Waals surface area contributed by atoms with E-state index in [0.29, 0.717) is 0 Å². The standard InChI is InChI=1S/C19H21N5O4/c1-22-11-9-15(10-12-22)19(14-5-3-2-4-6-14)21-20-17-8-7-16(23(25)26)13-18(17)24(27)28/h2-8,13,15,20H,9-12H2,1H3/b21-19-. The van der Waals surface area contributed by atoms with Gasteiger partial charge < -0.3 is 4.90 Å². The summed E-state index contributed by atoms with van der Waals surface area (Å²) in [4.78, 5) is 23.2. The third-order valence-electron chi connectivity index (χ3n) is 4.86. The molecule has 0 aromatic heterocycles. The highest BCUT2D eigenvalue weighted by Crippen LogP contribution is 2.29. The lowest BCUT2D eigenvalue weighted by molar-refractivity contribution is -0.393. The van der Waals surface area contributed by atoms with Crippen LogP contribution in [0.2, 0.25) is 0 Å². The van der Waals surface area contributed by atoms with Crippen molar-refractivity contribution in [2.45, 2.75) is 12.8 Å². The van der Waals surface area contributed by atoms with E-state index in [1.54, 1.807) is 0 Å². The molecule has 0 radical (unpaired) electrons. The molecular weight excluding hydrogens is 362 g/mol. The molecule has 0 aliphatic carbocycles. The first-order valence-electron chi connectivity index (χ1n) is 8.96. The molecule has 0 bridgehead atoms. The summed E-state index contributed by atoms with van der Waals surface area (Å²) in [6.45, 7) is 1.91. The molecule has 9 heteroatoms. The Kier molecular flexibility index (Phi) is 5.95. The fourth-order valence-corrected chi connectivity index (χ4v) is 3.28. The normalized spacial score (nSPS) is 16.0. The molecule has 0 spiro atoms. The minimum Gasteiger partial charge on any atom is -0.306 e. The number of anilines is 1. The molecule has 1 aliphatic rings. The summed E-state index contributed by atoms with van der Waals surface area (Å²) in [5.41, 5.74) is 3.97. The first kappa shape index (κ1) is 19.4. The second kappa shape index (κ2) is 8.57. The number of nitrogens with zero attached hydrogens (tertiary/aromatic N) is 4. The van der Waals surface area contributed by atoms with Crippen molar-refractivity contribution in [1.29, 1.82) is 0 Å². The lowest BCUT2D eigenvalue weighted by Gasteiger charge is -2.29. The van der Waals surface area contributed by atoms with Crippen LogP contribution in [0.4, 0.5) is 17.1 Å². The first-order valence-corrected chi connectivity index (χ1v) is 8.96. The molecule has 9 nitrogen and oxygen atoms in total. The number of hydrogen-bond acceptors (Lipinski definition) is 7. The van der Waals surface area contributed by atoms with Gasteiger partial charge >= 0.3 is 5.69 Å². The van der Waals surface area contributed by atoms with Crippen LogP contribution in [0, 0.1) is 26.1 Å². The molecule has 28 heavy (non-hydrogen) atoms. The number of hydrogen-bond donors (Lipinski definition) is 1. The Morgan fingerprint density at radius 2 is 1.75 bits per heavy atom. The van der Waals surface area contributed by atoms with Crippen LogP contribution >= 0.6 is 0 Å². The van der Waals surface area contributed by atoms with Gasteiger partial charge in [0.1, 0.15) is 5.69 Å². The molecule has 1 fully saturated rings. The SMILES string of the molecule is CN1CCC(/C(=N\Nc2ccc([N+](=O)[O-])cc2[N+](=O)[O-])c2ccccc2)CC1. The molecule has 2 aromatic rings. The van der Waals surface area contributed by atoms with E-state index in [1.165, 1.54) is 12.1 Å². The van der Waals surface area contributed by atoms with Crippen molar-refractivity contribution in [3.8, 4) is 0 Å². The highest BCUT2D eigenvalue weighted by atomic mass is 16.6. The van der Waals surface area contributed by atoms with Gasteiger partial charge in [-0.15, -0.1) is 0 Å². The maximum Gasteiger partial charge on any atom is 0.301 e. The number of benzene rings is 2. The van der Waals surface area contributed by atoms with Crippen LogP contribution in [0.15, 0.2) is 53.6 Å². The van der Waals surface area contributed by atoms with E-state index >= 15 is 0 Å². The average molecular weight is 383 g/mol. The number of nitro groups is 2. The van der Waals surface area contributed by atoms with Crippen LogP contribution in [-0.4, -0.2) is 40.6 Å². The lowest BCUT2D eigenvalue weighted by Crippen LogP contribution is -2.34. The summed E-state index contributed by atoms with van der Waals surface area (Å²) < 4.78 is 0.